The van der Waals surface area contributed by atoms with Crippen molar-refractivity contribution in [3.05, 3.63) is 40.5 Å². The molecule has 0 radical (unpaired) electrons. The number of aliphatic hydroxyl groups is 1. The van der Waals surface area contributed by atoms with Crippen LogP contribution in [-0.4, -0.2) is 63.1 Å². The Kier molecular flexibility index (Phi) is 7.69. The number of β-amino-alcohol motifs (C(OH)–C–C–N with tert-alkyl or cyclic N) is 1. The number of benzene rings is 1. The van der Waals surface area contributed by atoms with E-state index in [1.165, 1.54) is 4.90 Å². The van der Waals surface area contributed by atoms with Crippen LogP contribution >= 0.6 is 11.3 Å². The highest BCUT2D eigenvalue weighted by Crippen LogP contribution is 2.40. The van der Waals surface area contributed by atoms with Gasteiger partial charge in [-0.25, -0.2) is 9.37 Å². The SMILES string of the molecule is Cc1cc(-c2scnc2C)ccc1[C@H](C)NC(=O)[C@@H]1C[C@@H](O)CN1C(=O)[C@@H](NC(=O)C1(F)CC1)C(C)(C)C. The molecular formula is C28H37FN4O4S. The first-order valence-corrected chi connectivity index (χ1v) is 13.9. The van der Waals surface area contributed by atoms with Crippen molar-refractivity contribution in [2.75, 3.05) is 6.54 Å². The monoisotopic (exact) mass is 544 g/mol. The van der Waals surface area contributed by atoms with Gasteiger partial charge in [0.25, 0.3) is 5.91 Å². The third kappa shape index (κ3) is 5.76. The number of alkyl halides is 1. The molecule has 10 heteroatoms. The van der Waals surface area contributed by atoms with Crippen molar-refractivity contribution >= 4 is 29.1 Å². The number of hydrogen-bond acceptors (Lipinski definition) is 6. The molecule has 2 aromatic rings. The molecule has 2 heterocycles. The van der Waals surface area contributed by atoms with Crippen LogP contribution in [-0.2, 0) is 14.4 Å². The minimum atomic E-state index is -1.92. The maximum absolute atomic E-state index is 14.4. The molecule has 0 bridgehead atoms. The van der Waals surface area contributed by atoms with Gasteiger partial charge in [0.1, 0.15) is 12.1 Å². The molecule has 1 aromatic heterocycles. The van der Waals surface area contributed by atoms with Crippen molar-refractivity contribution in [1.82, 2.24) is 20.5 Å². The molecule has 1 aliphatic heterocycles. The molecule has 2 aliphatic rings. The molecule has 2 fully saturated rings. The first-order valence-electron chi connectivity index (χ1n) is 13.0. The van der Waals surface area contributed by atoms with E-state index in [0.717, 1.165) is 27.3 Å². The molecular weight excluding hydrogens is 507 g/mol. The zero-order chi connectivity index (χ0) is 28.0. The van der Waals surface area contributed by atoms with Crippen LogP contribution in [0.2, 0.25) is 0 Å². The minimum absolute atomic E-state index is 0.0313. The van der Waals surface area contributed by atoms with Crippen LogP contribution < -0.4 is 10.6 Å². The number of likely N-dealkylation sites (tertiary alicyclic amines) is 1. The molecule has 0 spiro atoms. The molecule has 1 aliphatic carbocycles. The summed E-state index contributed by atoms with van der Waals surface area (Å²) in [6, 6.07) is 3.79. The lowest BCUT2D eigenvalue weighted by atomic mass is 9.85. The van der Waals surface area contributed by atoms with Gasteiger partial charge in [-0.05, 0) is 55.7 Å². The lowest BCUT2D eigenvalue weighted by Crippen LogP contribution is -2.59. The van der Waals surface area contributed by atoms with Crippen molar-refractivity contribution < 1.29 is 23.9 Å². The van der Waals surface area contributed by atoms with Gasteiger partial charge in [-0.15, -0.1) is 11.3 Å². The Morgan fingerprint density at radius 2 is 1.89 bits per heavy atom. The third-order valence-electron chi connectivity index (χ3n) is 7.45. The van der Waals surface area contributed by atoms with Gasteiger partial charge < -0.3 is 20.6 Å². The summed E-state index contributed by atoms with van der Waals surface area (Å²) in [5, 5.41) is 16.0. The van der Waals surface area contributed by atoms with Crippen LogP contribution in [0.5, 0.6) is 0 Å². The first-order chi connectivity index (χ1) is 17.7. The number of aromatic nitrogens is 1. The van der Waals surface area contributed by atoms with Crippen LogP contribution in [0.15, 0.2) is 23.7 Å². The van der Waals surface area contributed by atoms with E-state index in [-0.39, 0.29) is 37.8 Å². The zero-order valence-electron chi connectivity index (χ0n) is 22.8. The highest BCUT2D eigenvalue weighted by Gasteiger charge is 2.53. The molecule has 3 amide bonds. The lowest BCUT2D eigenvalue weighted by Gasteiger charge is -2.35. The highest BCUT2D eigenvalue weighted by atomic mass is 32.1. The molecule has 3 N–H and O–H groups in total. The Balaban J connectivity index is 1.49. The summed E-state index contributed by atoms with van der Waals surface area (Å²) in [6.45, 7) is 11.1. The number of carbonyl (C=O) groups is 3. The molecule has 1 saturated carbocycles. The van der Waals surface area contributed by atoms with Crippen molar-refractivity contribution in [2.45, 2.75) is 90.7 Å². The van der Waals surface area contributed by atoms with Crippen molar-refractivity contribution in [3.8, 4) is 10.4 Å². The van der Waals surface area contributed by atoms with Gasteiger partial charge in [0.15, 0.2) is 5.67 Å². The quantitative estimate of drug-likeness (QED) is 0.493. The van der Waals surface area contributed by atoms with Gasteiger partial charge in [-0.3, -0.25) is 14.4 Å². The van der Waals surface area contributed by atoms with E-state index >= 15 is 0 Å². The smallest absolute Gasteiger partial charge is 0.258 e. The van der Waals surface area contributed by atoms with Gasteiger partial charge in [-0.2, -0.15) is 0 Å². The van der Waals surface area contributed by atoms with Crippen LogP contribution in [0.25, 0.3) is 10.4 Å². The standard InChI is InChI=1S/C28H37FN4O4S/c1-15-11-18(22-17(3)30-14-38-22)7-8-20(15)16(2)31-24(35)21-12-19(34)13-33(21)25(36)23(27(4,5)6)32-26(37)28(29)9-10-28/h7-8,11,14,16,19,21,23,34H,9-10,12-13H2,1-6H3,(H,31,35)(H,32,37)/t16-,19+,21-,23+/m0/s1. The second-order valence-electron chi connectivity index (χ2n) is 11.7. The number of thiazole rings is 1. The van der Waals surface area contributed by atoms with E-state index in [1.54, 1.807) is 32.1 Å². The van der Waals surface area contributed by atoms with Gasteiger partial charge in [0, 0.05) is 13.0 Å². The Morgan fingerprint density at radius 1 is 1.21 bits per heavy atom. The number of nitrogens with one attached hydrogen (secondary N) is 2. The van der Waals surface area contributed by atoms with E-state index in [9.17, 15) is 23.9 Å². The number of amides is 3. The fraction of sp³-hybridized carbons (Fsp3) is 0.571. The van der Waals surface area contributed by atoms with Crippen molar-refractivity contribution in [1.29, 1.82) is 0 Å². The van der Waals surface area contributed by atoms with E-state index in [0.29, 0.717) is 0 Å². The zero-order valence-corrected chi connectivity index (χ0v) is 23.6. The molecule has 4 atom stereocenters. The Labute approximate surface area is 227 Å². The average molecular weight is 545 g/mol. The average Bonchev–Trinajstić information content (AvgIpc) is 3.24. The van der Waals surface area contributed by atoms with E-state index in [1.807, 2.05) is 38.4 Å². The number of halogens is 1. The summed E-state index contributed by atoms with van der Waals surface area (Å²) >= 11 is 1.58. The number of aliphatic hydroxyl groups excluding tert-OH is 1. The number of carbonyl (C=O) groups excluding carboxylic acids is 3. The number of aryl methyl sites for hydroxylation is 2. The predicted octanol–water partition coefficient (Wildman–Crippen LogP) is 3.60. The third-order valence-corrected chi connectivity index (χ3v) is 8.43. The Bertz CT molecular complexity index is 1240. The largest absolute Gasteiger partial charge is 0.391 e. The summed E-state index contributed by atoms with van der Waals surface area (Å²) < 4.78 is 14.4. The van der Waals surface area contributed by atoms with Crippen LogP contribution in [0.1, 0.15) is 69.8 Å². The topological polar surface area (TPSA) is 112 Å². The molecule has 38 heavy (non-hydrogen) atoms. The van der Waals surface area contributed by atoms with Crippen molar-refractivity contribution in [3.63, 3.8) is 0 Å². The fourth-order valence-corrected chi connectivity index (χ4v) is 5.79. The van der Waals surface area contributed by atoms with Gasteiger partial charge in [0.05, 0.1) is 28.2 Å². The number of hydrogen-bond donors (Lipinski definition) is 3. The summed E-state index contributed by atoms with van der Waals surface area (Å²) in [5.41, 5.74) is 3.16. The summed E-state index contributed by atoms with van der Waals surface area (Å²) in [5.74, 6) is -1.68. The van der Waals surface area contributed by atoms with Gasteiger partial charge in [0.2, 0.25) is 11.8 Å². The first kappa shape index (κ1) is 28.2. The lowest BCUT2D eigenvalue weighted by molar-refractivity contribution is -0.145. The molecule has 206 valence electrons. The predicted molar refractivity (Wildman–Crippen MR) is 144 cm³/mol. The fourth-order valence-electron chi connectivity index (χ4n) is 4.99. The van der Waals surface area contributed by atoms with E-state index in [4.69, 9.17) is 0 Å². The Morgan fingerprint density at radius 3 is 2.45 bits per heavy atom. The van der Waals surface area contributed by atoms with Gasteiger partial charge in [-0.1, -0.05) is 39.0 Å². The van der Waals surface area contributed by atoms with E-state index in [2.05, 4.69) is 21.7 Å². The van der Waals surface area contributed by atoms with Crippen LogP contribution in [0.3, 0.4) is 0 Å². The molecule has 8 nitrogen and oxygen atoms in total. The number of nitrogens with zero attached hydrogens (tertiary/aromatic N) is 2. The van der Waals surface area contributed by atoms with Crippen LogP contribution in [0.4, 0.5) is 4.39 Å². The van der Waals surface area contributed by atoms with E-state index < -0.39 is 41.1 Å². The van der Waals surface area contributed by atoms with Gasteiger partial charge >= 0.3 is 0 Å². The second kappa shape index (κ2) is 10.4. The molecule has 1 aromatic carbocycles. The maximum atomic E-state index is 14.4. The summed E-state index contributed by atoms with van der Waals surface area (Å²) in [7, 11) is 0. The van der Waals surface area contributed by atoms with Crippen molar-refractivity contribution in [2.24, 2.45) is 5.41 Å². The highest BCUT2D eigenvalue weighted by molar-refractivity contribution is 7.13. The molecule has 1 saturated heterocycles. The number of rotatable bonds is 7. The normalized spacial score (nSPS) is 22.1. The maximum Gasteiger partial charge on any atom is 0.258 e. The minimum Gasteiger partial charge on any atom is -0.391 e. The molecule has 4 rings (SSSR count). The Hall–Kier alpha value is -2.85. The summed E-state index contributed by atoms with van der Waals surface area (Å²) in [6.07, 6.45) is -0.509. The second-order valence-corrected chi connectivity index (χ2v) is 12.6. The van der Waals surface area contributed by atoms with Crippen LogP contribution in [0, 0.1) is 19.3 Å². The summed E-state index contributed by atoms with van der Waals surface area (Å²) in [4.78, 5) is 46.2. The molecule has 0 unspecified atom stereocenters.